The summed E-state index contributed by atoms with van der Waals surface area (Å²) in [7, 11) is 0. The Hall–Kier alpha value is -1.07. The highest BCUT2D eigenvalue weighted by Crippen LogP contribution is 2.18. The minimum absolute atomic E-state index is 0. The first-order valence-corrected chi connectivity index (χ1v) is 7.28. The number of nitrogens with one attached hydrogen (secondary N) is 2. The van der Waals surface area contributed by atoms with Crippen LogP contribution >= 0.6 is 12.4 Å². The second kappa shape index (κ2) is 8.27. The third-order valence-electron chi connectivity index (χ3n) is 3.82. The second-order valence-corrected chi connectivity index (χ2v) is 5.18. The molecule has 0 aromatic carbocycles. The normalized spacial score (nSPS) is 16.0. The zero-order valence-corrected chi connectivity index (χ0v) is 13.1. The highest BCUT2D eigenvalue weighted by molar-refractivity contribution is 5.92. The average molecular weight is 301 g/mol. The van der Waals surface area contributed by atoms with Crippen molar-refractivity contribution in [3.05, 3.63) is 17.5 Å². The van der Waals surface area contributed by atoms with Crippen molar-refractivity contribution in [2.45, 2.75) is 33.1 Å². The Morgan fingerprint density at radius 1 is 1.45 bits per heavy atom. The van der Waals surface area contributed by atoms with Crippen LogP contribution in [0.1, 0.15) is 42.9 Å². The van der Waals surface area contributed by atoms with E-state index in [2.05, 4.69) is 22.4 Å². The molecule has 0 spiro atoms. The highest BCUT2D eigenvalue weighted by Gasteiger charge is 2.24. The van der Waals surface area contributed by atoms with Gasteiger partial charge in [-0.1, -0.05) is 13.8 Å². The molecule has 2 heterocycles. The van der Waals surface area contributed by atoms with E-state index in [1.165, 1.54) is 0 Å². The number of carbonyl (C=O) groups excluding carboxylic acids is 1. The summed E-state index contributed by atoms with van der Waals surface area (Å²) in [6.07, 6.45) is 3.05. The van der Waals surface area contributed by atoms with E-state index in [9.17, 15) is 4.79 Å². The smallest absolute Gasteiger partial charge is 0.274 e. The van der Waals surface area contributed by atoms with Crippen LogP contribution in [0.15, 0.2) is 6.07 Å². The van der Waals surface area contributed by atoms with Gasteiger partial charge in [-0.05, 0) is 44.3 Å². The SMILES string of the molecule is CCNCC1CCN(C(=O)c2cc(CC)[nH]n2)CC1.Cl. The summed E-state index contributed by atoms with van der Waals surface area (Å²) in [6.45, 7) is 7.97. The van der Waals surface area contributed by atoms with Gasteiger partial charge in [0.1, 0.15) is 5.69 Å². The third kappa shape index (κ3) is 4.21. The van der Waals surface area contributed by atoms with Crippen LogP contribution in [-0.4, -0.2) is 47.2 Å². The number of aromatic amines is 1. The number of halogens is 1. The highest BCUT2D eigenvalue weighted by atomic mass is 35.5. The maximum atomic E-state index is 12.3. The zero-order chi connectivity index (χ0) is 13.7. The summed E-state index contributed by atoms with van der Waals surface area (Å²) in [5, 5.41) is 10.4. The Labute approximate surface area is 126 Å². The van der Waals surface area contributed by atoms with Gasteiger partial charge in [0.15, 0.2) is 0 Å². The van der Waals surface area contributed by atoms with Gasteiger partial charge in [0, 0.05) is 18.8 Å². The van der Waals surface area contributed by atoms with Crippen LogP contribution in [0.2, 0.25) is 0 Å². The van der Waals surface area contributed by atoms with Crippen LogP contribution in [0.4, 0.5) is 0 Å². The minimum atomic E-state index is 0. The zero-order valence-electron chi connectivity index (χ0n) is 12.3. The Bertz CT molecular complexity index is 413. The van der Waals surface area contributed by atoms with Crippen LogP contribution in [-0.2, 0) is 6.42 Å². The Kier molecular flexibility index (Phi) is 7.02. The van der Waals surface area contributed by atoms with Crippen molar-refractivity contribution in [1.29, 1.82) is 0 Å². The molecule has 1 aliphatic rings. The van der Waals surface area contributed by atoms with E-state index in [1.807, 2.05) is 17.9 Å². The summed E-state index contributed by atoms with van der Waals surface area (Å²) < 4.78 is 0. The number of likely N-dealkylation sites (tertiary alicyclic amines) is 1. The van der Waals surface area contributed by atoms with E-state index in [1.54, 1.807) is 0 Å². The lowest BCUT2D eigenvalue weighted by molar-refractivity contribution is 0.0684. The molecule has 0 atom stereocenters. The molecule has 1 saturated heterocycles. The molecule has 1 fully saturated rings. The Morgan fingerprint density at radius 3 is 2.70 bits per heavy atom. The van der Waals surface area contributed by atoms with E-state index in [0.717, 1.165) is 51.1 Å². The summed E-state index contributed by atoms with van der Waals surface area (Å²) in [4.78, 5) is 14.2. The summed E-state index contributed by atoms with van der Waals surface area (Å²) in [6, 6.07) is 1.87. The van der Waals surface area contributed by atoms with Crippen molar-refractivity contribution in [2.75, 3.05) is 26.2 Å². The van der Waals surface area contributed by atoms with Crippen molar-refractivity contribution >= 4 is 18.3 Å². The van der Waals surface area contributed by atoms with Crippen molar-refractivity contribution in [2.24, 2.45) is 5.92 Å². The molecule has 0 saturated carbocycles. The summed E-state index contributed by atoms with van der Waals surface area (Å²) >= 11 is 0. The monoisotopic (exact) mass is 300 g/mol. The molecule has 2 N–H and O–H groups in total. The predicted octanol–water partition coefficient (Wildman–Crippen LogP) is 1.86. The molecule has 114 valence electrons. The number of rotatable bonds is 5. The lowest BCUT2D eigenvalue weighted by Gasteiger charge is -2.31. The number of hydrogen-bond acceptors (Lipinski definition) is 3. The molecule has 5 nitrogen and oxygen atoms in total. The molecule has 0 radical (unpaired) electrons. The van der Waals surface area contributed by atoms with Crippen molar-refractivity contribution in [3.8, 4) is 0 Å². The predicted molar refractivity (Wildman–Crippen MR) is 82.4 cm³/mol. The van der Waals surface area contributed by atoms with E-state index >= 15 is 0 Å². The molecular weight excluding hydrogens is 276 g/mol. The number of nitrogens with zero attached hydrogens (tertiary/aromatic N) is 2. The van der Waals surface area contributed by atoms with Gasteiger partial charge in [-0.3, -0.25) is 9.89 Å². The number of aryl methyl sites for hydroxylation is 1. The fraction of sp³-hybridized carbons (Fsp3) is 0.714. The van der Waals surface area contributed by atoms with Gasteiger partial charge in [-0.2, -0.15) is 5.10 Å². The average Bonchev–Trinajstić information content (AvgIpc) is 2.94. The maximum absolute atomic E-state index is 12.3. The fourth-order valence-corrected chi connectivity index (χ4v) is 2.50. The molecule has 2 rings (SSSR count). The Balaban J connectivity index is 0.00000200. The fourth-order valence-electron chi connectivity index (χ4n) is 2.50. The van der Waals surface area contributed by atoms with Gasteiger partial charge in [0.05, 0.1) is 0 Å². The quantitative estimate of drug-likeness (QED) is 0.872. The van der Waals surface area contributed by atoms with Crippen LogP contribution in [0.3, 0.4) is 0 Å². The molecule has 6 heteroatoms. The molecule has 1 aromatic rings. The topological polar surface area (TPSA) is 61.0 Å². The number of H-pyrrole nitrogens is 1. The number of aromatic nitrogens is 2. The number of carbonyl (C=O) groups is 1. The van der Waals surface area contributed by atoms with Gasteiger partial charge >= 0.3 is 0 Å². The van der Waals surface area contributed by atoms with Crippen LogP contribution in [0.5, 0.6) is 0 Å². The Morgan fingerprint density at radius 2 is 2.15 bits per heavy atom. The standard InChI is InChI=1S/C14H24N4O.ClH/c1-3-12-9-13(17-16-12)14(19)18-7-5-11(6-8-18)10-15-4-2;/h9,11,15H,3-8,10H2,1-2H3,(H,16,17);1H. The van der Waals surface area contributed by atoms with Crippen molar-refractivity contribution in [1.82, 2.24) is 20.4 Å². The first-order chi connectivity index (χ1) is 9.24. The van der Waals surface area contributed by atoms with E-state index < -0.39 is 0 Å². The lowest BCUT2D eigenvalue weighted by atomic mass is 9.96. The third-order valence-corrected chi connectivity index (χ3v) is 3.82. The molecular formula is C14H25ClN4O. The molecule has 0 bridgehead atoms. The lowest BCUT2D eigenvalue weighted by Crippen LogP contribution is -2.40. The first-order valence-electron chi connectivity index (χ1n) is 7.28. The van der Waals surface area contributed by atoms with Crippen molar-refractivity contribution < 1.29 is 4.79 Å². The molecule has 0 aliphatic carbocycles. The number of hydrogen-bond donors (Lipinski definition) is 2. The summed E-state index contributed by atoms with van der Waals surface area (Å²) in [5.74, 6) is 0.771. The second-order valence-electron chi connectivity index (χ2n) is 5.18. The molecule has 1 amide bonds. The van der Waals surface area contributed by atoms with E-state index in [4.69, 9.17) is 0 Å². The van der Waals surface area contributed by atoms with Gasteiger partial charge in [0.2, 0.25) is 0 Å². The van der Waals surface area contributed by atoms with Gasteiger partial charge in [0.25, 0.3) is 5.91 Å². The summed E-state index contributed by atoms with van der Waals surface area (Å²) in [5.41, 5.74) is 1.58. The van der Waals surface area contributed by atoms with E-state index in [-0.39, 0.29) is 18.3 Å². The van der Waals surface area contributed by atoms with Crippen LogP contribution in [0.25, 0.3) is 0 Å². The molecule has 0 unspecified atom stereocenters. The van der Waals surface area contributed by atoms with Gasteiger partial charge < -0.3 is 10.2 Å². The van der Waals surface area contributed by atoms with Crippen LogP contribution in [0, 0.1) is 5.92 Å². The van der Waals surface area contributed by atoms with Crippen molar-refractivity contribution in [3.63, 3.8) is 0 Å². The molecule has 1 aromatic heterocycles. The largest absolute Gasteiger partial charge is 0.337 e. The molecule has 1 aliphatic heterocycles. The van der Waals surface area contributed by atoms with Gasteiger partial charge in [-0.25, -0.2) is 0 Å². The van der Waals surface area contributed by atoms with Gasteiger partial charge in [-0.15, -0.1) is 12.4 Å². The van der Waals surface area contributed by atoms with Crippen LogP contribution < -0.4 is 5.32 Å². The minimum Gasteiger partial charge on any atom is -0.337 e. The number of piperidine rings is 1. The maximum Gasteiger partial charge on any atom is 0.274 e. The first kappa shape index (κ1) is 17.0. The molecule has 20 heavy (non-hydrogen) atoms. The number of amides is 1. The van der Waals surface area contributed by atoms with E-state index in [0.29, 0.717) is 11.6 Å².